The smallest absolute Gasteiger partial charge is 0.255 e. The molecule has 0 fully saturated rings. The minimum absolute atomic E-state index is 0. The Kier molecular flexibility index (Phi) is 11.7. The molecular weight excluding hydrogens is 485 g/mol. The van der Waals surface area contributed by atoms with Crippen molar-refractivity contribution in [2.24, 2.45) is 10.7 Å². The van der Waals surface area contributed by atoms with Gasteiger partial charge in [0.1, 0.15) is 17.9 Å². The van der Waals surface area contributed by atoms with Gasteiger partial charge in [0.05, 0.1) is 0 Å². The van der Waals surface area contributed by atoms with Crippen LogP contribution in [0, 0.1) is 0 Å². The van der Waals surface area contributed by atoms with Crippen molar-refractivity contribution in [3.8, 4) is 5.75 Å². The molecule has 0 bridgehead atoms. The standard InChI is InChI=1S/C19H29N7O2.HI/c1-3-18-25-24-14-26(18)12-11-23-19(21-4-2)22-10-9-15-5-7-16(8-6-15)28-13-17(20)27;/h5-8,14H,3-4,9-13H2,1-2H3,(H2,20,27)(H2,21,22,23);1H. The Morgan fingerprint density at radius 1 is 1.24 bits per heavy atom. The minimum atomic E-state index is -0.489. The number of aryl methyl sites for hydroxylation is 1. The number of aromatic nitrogens is 3. The molecule has 1 amide bonds. The number of hydrogen-bond acceptors (Lipinski definition) is 5. The van der Waals surface area contributed by atoms with Gasteiger partial charge in [-0.2, -0.15) is 0 Å². The maximum atomic E-state index is 10.7. The highest BCUT2D eigenvalue weighted by atomic mass is 127. The van der Waals surface area contributed by atoms with Gasteiger partial charge in [0.2, 0.25) is 0 Å². The molecule has 10 heteroatoms. The molecule has 0 aliphatic rings. The Morgan fingerprint density at radius 3 is 2.66 bits per heavy atom. The molecular formula is C19H30IN7O2. The molecule has 0 atom stereocenters. The van der Waals surface area contributed by atoms with Crippen LogP contribution < -0.4 is 21.1 Å². The fourth-order valence-electron chi connectivity index (χ4n) is 2.58. The van der Waals surface area contributed by atoms with Crippen molar-refractivity contribution in [3.05, 3.63) is 42.0 Å². The molecule has 9 nitrogen and oxygen atoms in total. The molecule has 0 saturated heterocycles. The summed E-state index contributed by atoms with van der Waals surface area (Å²) in [6, 6.07) is 7.58. The first kappa shape index (κ1) is 24.7. The van der Waals surface area contributed by atoms with Crippen LogP contribution >= 0.6 is 24.0 Å². The number of nitrogens with one attached hydrogen (secondary N) is 2. The first-order chi connectivity index (χ1) is 13.6. The molecule has 0 saturated carbocycles. The third kappa shape index (κ3) is 9.11. The quantitative estimate of drug-likeness (QED) is 0.235. The van der Waals surface area contributed by atoms with Gasteiger partial charge in [0.15, 0.2) is 12.6 Å². The zero-order valence-corrected chi connectivity index (χ0v) is 19.3. The lowest BCUT2D eigenvalue weighted by atomic mass is 10.1. The minimum Gasteiger partial charge on any atom is -0.484 e. The average Bonchev–Trinajstić information content (AvgIpc) is 3.15. The van der Waals surface area contributed by atoms with Crippen LogP contribution in [0.25, 0.3) is 0 Å². The number of rotatable bonds is 11. The molecule has 0 unspecified atom stereocenters. The van der Waals surface area contributed by atoms with Crippen LogP contribution in [0.3, 0.4) is 0 Å². The number of nitrogens with two attached hydrogens (primary N) is 1. The SMILES string of the molecule is CCNC(=NCCc1ccc(OCC(N)=O)cc1)NCCn1cnnc1CC.I. The lowest BCUT2D eigenvalue weighted by Crippen LogP contribution is -2.39. The van der Waals surface area contributed by atoms with Gasteiger partial charge in [-0.15, -0.1) is 34.2 Å². The molecule has 0 aliphatic carbocycles. The summed E-state index contributed by atoms with van der Waals surface area (Å²) in [6.45, 7) is 6.97. The van der Waals surface area contributed by atoms with Crippen LogP contribution in [0.5, 0.6) is 5.75 Å². The van der Waals surface area contributed by atoms with E-state index in [0.29, 0.717) is 12.3 Å². The molecule has 29 heavy (non-hydrogen) atoms. The number of carbonyl (C=O) groups is 1. The van der Waals surface area contributed by atoms with Crippen molar-refractivity contribution in [3.63, 3.8) is 0 Å². The van der Waals surface area contributed by atoms with Crippen LogP contribution in [0.15, 0.2) is 35.6 Å². The topological polar surface area (TPSA) is 119 Å². The van der Waals surface area contributed by atoms with Gasteiger partial charge in [0, 0.05) is 32.6 Å². The number of primary amides is 1. The molecule has 4 N–H and O–H groups in total. The first-order valence-corrected chi connectivity index (χ1v) is 9.51. The van der Waals surface area contributed by atoms with Gasteiger partial charge in [-0.25, -0.2) is 0 Å². The van der Waals surface area contributed by atoms with Gasteiger partial charge in [0.25, 0.3) is 5.91 Å². The van der Waals surface area contributed by atoms with Gasteiger partial charge in [-0.05, 0) is 31.0 Å². The largest absolute Gasteiger partial charge is 0.484 e. The molecule has 1 aromatic heterocycles. The van der Waals surface area contributed by atoms with E-state index in [1.165, 1.54) is 0 Å². The van der Waals surface area contributed by atoms with E-state index in [1.807, 2.05) is 35.8 Å². The lowest BCUT2D eigenvalue weighted by molar-refractivity contribution is -0.119. The van der Waals surface area contributed by atoms with Crippen LogP contribution in [0.2, 0.25) is 0 Å². The van der Waals surface area contributed by atoms with Gasteiger partial charge in [-0.3, -0.25) is 9.79 Å². The molecule has 2 aromatic rings. The van der Waals surface area contributed by atoms with E-state index >= 15 is 0 Å². The number of guanidine groups is 1. The number of hydrogen-bond donors (Lipinski definition) is 3. The summed E-state index contributed by atoms with van der Waals surface area (Å²) in [6.07, 6.45) is 3.42. The van der Waals surface area contributed by atoms with E-state index in [4.69, 9.17) is 10.5 Å². The van der Waals surface area contributed by atoms with Crippen LogP contribution in [0.4, 0.5) is 0 Å². The normalized spacial score (nSPS) is 10.9. The number of carbonyl (C=O) groups excluding carboxylic acids is 1. The second kappa shape index (κ2) is 13.7. The highest BCUT2D eigenvalue weighted by molar-refractivity contribution is 14.0. The van der Waals surface area contributed by atoms with E-state index in [-0.39, 0.29) is 30.6 Å². The van der Waals surface area contributed by atoms with E-state index in [9.17, 15) is 4.79 Å². The maximum Gasteiger partial charge on any atom is 0.255 e. The van der Waals surface area contributed by atoms with Crippen LogP contribution in [-0.4, -0.2) is 52.9 Å². The Morgan fingerprint density at radius 2 is 2.00 bits per heavy atom. The number of aliphatic imine (C=N–C) groups is 1. The highest BCUT2D eigenvalue weighted by Gasteiger charge is 2.03. The molecule has 1 heterocycles. The monoisotopic (exact) mass is 515 g/mol. The predicted molar refractivity (Wildman–Crippen MR) is 124 cm³/mol. The average molecular weight is 515 g/mol. The number of benzene rings is 1. The van der Waals surface area contributed by atoms with E-state index in [2.05, 4.69) is 32.7 Å². The summed E-state index contributed by atoms with van der Waals surface area (Å²) in [5.41, 5.74) is 6.21. The fraction of sp³-hybridized carbons (Fsp3) is 0.474. The predicted octanol–water partition coefficient (Wildman–Crippen LogP) is 1.12. The summed E-state index contributed by atoms with van der Waals surface area (Å²) in [7, 11) is 0. The summed E-state index contributed by atoms with van der Waals surface area (Å²) in [5, 5.41) is 14.6. The molecule has 1 aromatic carbocycles. The second-order valence-corrected chi connectivity index (χ2v) is 6.13. The third-order valence-corrected chi connectivity index (χ3v) is 3.98. The van der Waals surface area contributed by atoms with Gasteiger partial charge >= 0.3 is 0 Å². The van der Waals surface area contributed by atoms with Crippen molar-refractivity contribution >= 4 is 35.8 Å². The third-order valence-electron chi connectivity index (χ3n) is 3.98. The highest BCUT2D eigenvalue weighted by Crippen LogP contribution is 2.12. The first-order valence-electron chi connectivity index (χ1n) is 9.51. The Hall–Kier alpha value is -2.37. The lowest BCUT2D eigenvalue weighted by Gasteiger charge is -2.12. The van der Waals surface area contributed by atoms with Gasteiger partial charge in [-0.1, -0.05) is 19.1 Å². The zero-order valence-electron chi connectivity index (χ0n) is 16.9. The summed E-state index contributed by atoms with van der Waals surface area (Å²) >= 11 is 0. The summed E-state index contributed by atoms with van der Waals surface area (Å²) in [5.74, 6) is 1.90. The van der Waals surface area contributed by atoms with Crippen molar-refractivity contribution in [1.82, 2.24) is 25.4 Å². The molecule has 2 rings (SSSR count). The fourth-order valence-corrected chi connectivity index (χ4v) is 2.58. The van der Waals surface area contributed by atoms with Crippen molar-refractivity contribution in [1.29, 1.82) is 0 Å². The van der Waals surface area contributed by atoms with E-state index in [1.54, 1.807) is 6.33 Å². The second-order valence-electron chi connectivity index (χ2n) is 6.13. The number of ether oxygens (including phenoxy) is 1. The van der Waals surface area contributed by atoms with Crippen LogP contribution in [0.1, 0.15) is 25.2 Å². The van der Waals surface area contributed by atoms with Crippen molar-refractivity contribution < 1.29 is 9.53 Å². The molecule has 0 spiro atoms. The summed E-state index contributed by atoms with van der Waals surface area (Å²) < 4.78 is 7.30. The number of amides is 1. The Labute approximate surface area is 188 Å². The molecule has 0 radical (unpaired) electrons. The van der Waals surface area contributed by atoms with E-state index < -0.39 is 5.91 Å². The number of nitrogens with zero attached hydrogens (tertiary/aromatic N) is 4. The summed E-state index contributed by atoms with van der Waals surface area (Å²) in [4.78, 5) is 15.3. The Balaban J connectivity index is 0.00000420. The number of halogens is 1. The van der Waals surface area contributed by atoms with E-state index in [0.717, 1.165) is 49.8 Å². The van der Waals surface area contributed by atoms with Crippen molar-refractivity contribution in [2.45, 2.75) is 33.2 Å². The molecule has 0 aliphatic heterocycles. The van der Waals surface area contributed by atoms with Crippen LogP contribution in [-0.2, 0) is 24.2 Å². The molecule has 160 valence electrons. The zero-order chi connectivity index (χ0) is 20.2. The Bertz CT molecular complexity index is 762. The van der Waals surface area contributed by atoms with Gasteiger partial charge < -0.3 is 25.7 Å². The van der Waals surface area contributed by atoms with Crippen molar-refractivity contribution in [2.75, 3.05) is 26.2 Å². The maximum absolute atomic E-state index is 10.7.